The van der Waals surface area contributed by atoms with Gasteiger partial charge in [-0.1, -0.05) is 11.6 Å². The second kappa shape index (κ2) is 10.4. The van der Waals surface area contributed by atoms with Gasteiger partial charge in [0.05, 0.1) is 36.3 Å². The van der Waals surface area contributed by atoms with Crippen LogP contribution in [0, 0.1) is 5.82 Å². The summed E-state index contributed by atoms with van der Waals surface area (Å²) in [5, 5.41) is 32.0. The lowest BCUT2D eigenvalue weighted by Gasteiger charge is -2.17. The van der Waals surface area contributed by atoms with Gasteiger partial charge in [-0.3, -0.25) is 4.79 Å². The van der Waals surface area contributed by atoms with E-state index in [-0.39, 0.29) is 23.8 Å². The van der Waals surface area contributed by atoms with Crippen molar-refractivity contribution in [3.63, 3.8) is 0 Å². The molecule has 2 atom stereocenters. The minimum absolute atomic E-state index is 0.0434. The molecule has 0 fully saturated rings. The zero-order valence-electron chi connectivity index (χ0n) is 17.0. The Kier molecular flexibility index (Phi) is 7.62. The molecule has 1 heterocycles. The number of nitrogens with zero attached hydrogens (tertiary/aromatic N) is 2. The molecule has 0 unspecified atom stereocenters. The van der Waals surface area contributed by atoms with Crippen LogP contribution < -0.4 is 14.8 Å². The number of hydrogen-bond donors (Lipinski definition) is 4. The molecular weight excluding hydrogens is 445 g/mol. The van der Waals surface area contributed by atoms with E-state index in [1.54, 1.807) is 12.1 Å². The van der Waals surface area contributed by atoms with Crippen molar-refractivity contribution in [3.8, 4) is 11.5 Å². The Morgan fingerprint density at radius 3 is 2.66 bits per heavy atom. The molecule has 0 amide bonds. The fourth-order valence-corrected chi connectivity index (χ4v) is 3.18. The first-order chi connectivity index (χ1) is 15.3. The Bertz CT molecular complexity index is 1120. The minimum atomic E-state index is -1.20. The normalized spacial score (nSPS) is 12.9. The summed E-state index contributed by atoms with van der Waals surface area (Å²) in [6.07, 6.45) is -1.59. The fraction of sp³-hybridized carbons (Fsp3) is 0.286. The number of benzene rings is 2. The van der Waals surface area contributed by atoms with Gasteiger partial charge in [-0.05, 0) is 24.3 Å². The van der Waals surface area contributed by atoms with Crippen molar-refractivity contribution < 1.29 is 34.0 Å². The number of ether oxygens (including phenoxy) is 2. The predicted octanol–water partition coefficient (Wildman–Crippen LogP) is 3.14. The first-order valence-electron chi connectivity index (χ1n) is 9.52. The number of carboxylic acids is 1. The van der Waals surface area contributed by atoms with Crippen molar-refractivity contribution >= 4 is 40.0 Å². The molecule has 0 spiro atoms. The molecule has 0 bridgehead atoms. The number of anilines is 2. The summed E-state index contributed by atoms with van der Waals surface area (Å²) in [6.45, 7) is -0.206. The quantitative estimate of drug-likeness (QED) is 0.356. The van der Waals surface area contributed by atoms with E-state index >= 15 is 0 Å². The third kappa shape index (κ3) is 5.94. The summed E-state index contributed by atoms with van der Waals surface area (Å²) < 4.78 is 24.4. The van der Waals surface area contributed by atoms with Gasteiger partial charge in [-0.15, -0.1) is 0 Å². The first kappa shape index (κ1) is 23.5. The van der Waals surface area contributed by atoms with E-state index in [9.17, 15) is 19.4 Å². The molecule has 0 aliphatic carbocycles. The Hall–Kier alpha value is -3.21. The van der Waals surface area contributed by atoms with Gasteiger partial charge in [0, 0.05) is 23.6 Å². The summed E-state index contributed by atoms with van der Waals surface area (Å²) in [5.74, 6) is -0.670. The molecule has 2 aromatic carbocycles. The van der Waals surface area contributed by atoms with Crippen LogP contribution in [0.4, 0.5) is 15.9 Å². The number of hydrogen-bond acceptors (Lipinski definition) is 8. The highest BCUT2D eigenvalue weighted by atomic mass is 35.5. The zero-order valence-corrected chi connectivity index (χ0v) is 17.7. The van der Waals surface area contributed by atoms with Gasteiger partial charge in [0.15, 0.2) is 11.5 Å². The smallest absolute Gasteiger partial charge is 0.305 e. The lowest BCUT2D eigenvalue weighted by molar-refractivity contribution is -0.139. The van der Waals surface area contributed by atoms with Crippen LogP contribution in [0.3, 0.4) is 0 Å². The van der Waals surface area contributed by atoms with E-state index in [2.05, 4.69) is 15.3 Å². The maximum Gasteiger partial charge on any atom is 0.305 e. The molecule has 32 heavy (non-hydrogen) atoms. The average molecular weight is 466 g/mol. The van der Waals surface area contributed by atoms with Crippen molar-refractivity contribution in [3.05, 3.63) is 47.5 Å². The second-order valence-corrected chi connectivity index (χ2v) is 7.36. The average Bonchev–Trinajstić information content (AvgIpc) is 2.73. The number of nitrogens with one attached hydrogen (secondary N) is 1. The van der Waals surface area contributed by atoms with Gasteiger partial charge in [-0.2, -0.15) is 0 Å². The lowest BCUT2D eigenvalue weighted by Crippen LogP contribution is -2.25. The molecule has 11 heteroatoms. The Balaban J connectivity index is 1.82. The number of methoxy groups -OCH3 is 1. The number of fused-ring (bicyclic) bond motifs is 1. The molecule has 3 rings (SSSR count). The number of rotatable bonds is 10. The van der Waals surface area contributed by atoms with Crippen molar-refractivity contribution in [1.29, 1.82) is 0 Å². The van der Waals surface area contributed by atoms with Crippen molar-refractivity contribution in [2.24, 2.45) is 0 Å². The molecule has 170 valence electrons. The number of aromatic nitrogens is 2. The highest BCUT2D eigenvalue weighted by Crippen LogP contribution is 2.35. The second-order valence-electron chi connectivity index (χ2n) is 6.95. The summed E-state index contributed by atoms with van der Waals surface area (Å²) >= 11 is 5.84. The minimum Gasteiger partial charge on any atom is -0.493 e. The number of halogens is 2. The third-order valence-electron chi connectivity index (χ3n) is 4.49. The predicted molar refractivity (Wildman–Crippen MR) is 115 cm³/mol. The maximum absolute atomic E-state index is 13.4. The SMILES string of the molecule is COc1cc2ncnc(Nc3ccc(F)c(Cl)c3)c2cc1OC[C@@H](O)C[C@@H](O)CC(=O)O. The van der Waals surface area contributed by atoms with Crippen molar-refractivity contribution in [2.75, 3.05) is 19.0 Å². The van der Waals surface area contributed by atoms with Crippen LogP contribution in [-0.4, -0.2) is 57.2 Å². The monoisotopic (exact) mass is 465 g/mol. The molecular formula is C21H21ClFN3O6. The van der Waals surface area contributed by atoms with E-state index in [1.165, 1.54) is 31.6 Å². The molecule has 9 nitrogen and oxygen atoms in total. The Morgan fingerprint density at radius 1 is 1.19 bits per heavy atom. The highest BCUT2D eigenvalue weighted by Gasteiger charge is 2.18. The van der Waals surface area contributed by atoms with Crippen molar-refractivity contribution in [2.45, 2.75) is 25.0 Å². The van der Waals surface area contributed by atoms with Crippen LogP contribution in [-0.2, 0) is 4.79 Å². The third-order valence-corrected chi connectivity index (χ3v) is 4.78. The van der Waals surface area contributed by atoms with Gasteiger partial charge in [0.25, 0.3) is 0 Å². The standard InChI is InChI=1S/C21H21ClFN3O6/c1-31-18-8-17-14(7-19(18)32-9-13(28)5-12(27)6-20(29)30)21(25-10-24-17)26-11-2-3-16(23)15(22)4-11/h2-4,7-8,10,12-13,27-28H,5-6,9H2,1H3,(H,29,30)(H,24,25,26)/t12-,13+/m1/s1. The lowest BCUT2D eigenvalue weighted by atomic mass is 10.1. The first-order valence-corrected chi connectivity index (χ1v) is 9.90. The molecule has 4 N–H and O–H groups in total. The van der Waals surface area contributed by atoms with Crippen LogP contribution in [0.1, 0.15) is 12.8 Å². The summed E-state index contributed by atoms with van der Waals surface area (Å²) in [6, 6.07) is 7.40. The van der Waals surface area contributed by atoms with Gasteiger partial charge < -0.3 is 30.1 Å². The molecule has 0 aliphatic rings. The molecule has 0 saturated heterocycles. The topological polar surface area (TPSA) is 134 Å². The summed E-state index contributed by atoms with van der Waals surface area (Å²) in [5.41, 5.74) is 1.05. The maximum atomic E-state index is 13.4. The molecule has 0 radical (unpaired) electrons. The van der Waals surface area contributed by atoms with Crippen LogP contribution in [0.2, 0.25) is 5.02 Å². The van der Waals surface area contributed by atoms with Crippen LogP contribution in [0.25, 0.3) is 10.9 Å². The van der Waals surface area contributed by atoms with E-state index in [0.29, 0.717) is 28.2 Å². The highest BCUT2D eigenvalue weighted by molar-refractivity contribution is 6.31. The van der Waals surface area contributed by atoms with E-state index in [1.807, 2.05) is 0 Å². The number of aliphatic carboxylic acids is 1. The molecule has 3 aromatic rings. The van der Waals surface area contributed by atoms with Crippen LogP contribution in [0.15, 0.2) is 36.7 Å². The summed E-state index contributed by atoms with van der Waals surface area (Å²) in [4.78, 5) is 19.1. The van der Waals surface area contributed by atoms with Crippen molar-refractivity contribution in [1.82, 2.24) is 9.97 Å². The van der Waals surface area contributed by atoms with Gasteiger partial charge in [0.1, 0.15) is 24.6 Å². The number of carbonyl (C=O) groups is 1. The zero-order chi connectivity index (χ0) is 23.3. The number of aliphatic hydroxyl groups excluding tert-OH is 2. The van der Waals surface area contributed by atoms with E-state index < -0.39 is 30.4 Å². The fourth-order valence-electron chi connectivity index (χ4n) is 3.00. The largest absolute Gasteiger partial charge is 0.493 e. The Morgan fingerprint density at radius 2 is 1.97 bits per heavy atom. The summed E-state index contributed by atoms with van der Waals surface area (Å²) in [7, 11) is 1.45. The van der Waals surface area contributed by atoms with E-state index in [0.717, 1.165) is 0 Å². The molecule has 0 aliphatic heterocycles. The molecule has 0 saturated carbocycles. The van der Waals surface area contributed by atoms with Crippen LogP contribution in [0.5, 0.6) is 11.5 Å². The van der Waals surface area contributed by atoms with Crippen LogP contribution >= 0.6 is 11.6 Å². The van der Waals surface area contributed by atoms with Gasteiger partial charge in [-0.25, -0.2) is 14.4 Å². The number of aliphatic hydroxyl groups is 2. The molecule has 1 aromatic heterocycles. The Labute approximate surface area is 187 Å². The van der Waals surface area contributed by atoms with E-state index in [4.69, 9.17) is 26.2 Å². The number of carboxylic acid groups (broad SMARTS) is 1. The van der Waals surface area contributed by atoms with Gasteiger partial charge in [0.2, 0.25) is 0 Å². The van der Waals surface area contributed by atoms with Gasteiger partial charge >= 0.3 is 5.97 Å².